The summed E-state index contributed by atoms with van der Waals surface area (Å²) in [5, 5.41) is 0.993. The number of furan rings is 1. The van der Waals surface area contributed by atoms with Crippen molar-refractivity contribution in [2.45, 2.75) is 18.9 Å². The summed E-state index contributed by atoms with van der Waals surface area (Å²) >= 11 is 0. The van der Waals surface area contributed by atoms with E-state index in [4.69, 9.17) is 13.9 Å². The van der Waals surface area contributed by atoms with Gasteiger partial charge in [0.1, 0.15) is 6.10 Å². The standard InChI is InChI=1S/C18H18O4/c1-20-16-6-5-12(10-15(16)19)3-4-13-9-14-7-8-22-18(14)17(11-13)21-2/h3-4,7-11,16H,5-6H2,1-2H3. The first kappa shape index (κ1) is 14.6. The third-order valence-corrected chi connectivity index (χ3v) is 3.87. The van der Waals surface area contributed by atoms with Crippen molar-refractivity contribution in [2.75, 3.05) is 14.2 Å². The lowest BCUT2D eigenvalue weighted by atomic mass is 9.95. The van der Waals surface area contributed by atoms with Crippen LogP contribution in [0, 0.1) is 0 Å². The molecule has 0 amide bonds. The molecule has 0 aliphatic heterocycles. The highest BCUT2D eigenvalue weighted by molar-refractivity contribution is 5.95. The van der Waals surface area contributed by atoms with E-state index in [2.05, 4.69) is 0 Å². The second kappa shape index (κ2) is 6.20. The van der Waals surface area contributed by atoms with Crippen molar-refractivity contribution < 1.29 is 18.7 Å². The van der Waals surface area contributed by atoms with Crippen LogP contribution in [0.4, 0.5) is 0 Å². The predicted octanol–water partition coefficient (Wildman–Crippen LogP) is 3.76. The summed E-state index contributed by atoms with van der Waals surface area (Å²) < 4.78 is 15.9. The van der Waals surface area contributed by atoms with Crippen LogP contribution in [0.15, 0.2) is 46.6 Å². The minimum atomic E-state index is -0.292. The number of ketones is 1. The molecule has 1 aromatic carbocycles. The molecule has 22 heavy (non-hydrogen) atoms. The summed E-state index contributed by atoms with van der Waals surface area (Å²) in [4.78, 5) is 11.8. The molecule has 3 rings (SSSR count). The van der Waals surface area contributed by atoms with Crippen molar-refractivity contribution in [2.24, 2.45) is 0 Å². The van der Waals surface area contributed by atoms with Crippen LogP contribution in [0.2, 0.25) is 0 Å². The quantitative estimate of drug-likeness (QED) is 0.862. The molecule has 4 nitrogen and oxygen atoms in total. The molecular weight excluding hydrogens is 280 g/mol. The zero-order chi connectivity index (χ0) is 15.5. The summed E-state index contributed by atoms with van der Waals surface area (Å²) in [6.45, 7) is 0. The minimum Gasteiger partial charge on any atom is -0.493 e. The van der Waals surface area contributed by atoms with Gasteiger partial charge in [0.2, 0.25) is 0 Å². The Kier molecular flexibility index (Phi) is 4.11. The summed E-state index contributed by atoms with van der Waals surface area (Å²) in [6, 6.07) is 5.86. The van der Waals surface area contributed by atoms with E-state index in [0.717, 1.165) is 34.9 Å². The number of ether oxygens (including phenoxy) is 2. The van der Waals surface area contributed by atoms with Gasteiger partial charge in [0.15, 0.2) is 17.1 Å². The van der Waals surface area contributed by atoms with Gasteiger partial charge >= 0.3 is 0 Å². The largest absolute Gasteiger partial charge is 0.493 e. The Morgan fingerprint density at radius 2 is 2.14 bits per heavy atom. The minimum absolute atomic E-state index is 0.0382. The third kappa shape index (κ3) is 2.83. The number of fused-ring (bicyclic) bond motifs is 1. The smallest absolute Gasteiger partial charge is 0.184 e. The molecule has 1 atom stereocenters. The van der Waals surface area contributed by atoms with Crippen LogP contribution in [0.3, 0.4) is 0 Å². The van der Waals surface area contributed by atoms with Crippen LogP contribution < -0.4 is 4.74 Å². The van der Waals surface area contributed by atoms with E-state index in [1.54, 1.807) is 26.6 Å². The van der Waals surface area contributed by atoms with Crippen LogP contribution in [-0.2, 0) is 9.53 Å². The van der Waals surface area contributed by atoms with Gasteiger partial charge in [0, 0.05) is 12.5 Å². The zero-order valence-corrected chi connectivity index (χ0v) is 12.7. The van der Waals surface area contributed by atoms with Gasteiger partial charge < -0.3 is 13.9 Å². The number of hydrogen-bond acceptors (Lipinski definition) is 4. The number of hydrogen-bond donors (Lipinski definition) is 0. The van der Waals surface area contributed by atoms with Gasteiger partial charge in [-0.1, -0.05) is 12.2 Å². The maximum atomic E-state index is 11.8. The van der Waals surface area contributed by atoms with Gasteiger partial charge in [-0.25, -0.2) is 0 Å². The van der Waals surface area contributed by atoms with Crippen molar-refractivity contribution in [3.63, 3.8) is 0 Å². The van der Waals surface area contributed by atoms with Gasteiger partial charge in [-0.2, -0.15) is 0 Å². The lowest BCUT2D eigenvalue weighted by Crippen LogP contribution is -2.24. The molecule has 0 bridgehead atoms. The molecule has 2 aromatic rings. The fourth-order valence-corrected chi connectivity index (χ4v) is 2.68. The summed E-state index contributed by atoms with van der Waals surface area (Å²) in [5.74, 6) is 0.742. The van der Waals surface area contributed by atoms with E-state index in [1.165, 1.54) is 0 Å². The Bertz CT molecular complexity index is 752. The van der Waals surface area contributed by atoms with Crippen molar-refractivity contribution in [1.29, 1.82) is 0 Å². The van der Waals surface area contributed by atoms with Crippen molar-refractivity contribution in [1.82, 2.24) is 0 Å². The lowest BCUT2D eigenvalue weighted by Gasteiger charge is -2.17. The number of rotatable bonds is 4. The first-order valence-electron chi connectivity index (χ1n) is 7.22. The molecule has 4 heteroatoms. The first-order chi connectivity index (χ1) is 10.7. The molecule has 0 saturated carbocycles. The molecule has 114 valence electrons. The highest BCUT2D eigenvalue weighted by atomic mass is 16.5. The average Bonchev–Trinajstić information content (AvgIpc) is 3.00. The van der Waals surface area contributed by atoms with Gasteiger partial charge in [-0.3, -0.25) is 4.79 Å². The molecule has 0 radical (unpaired) electrons. The molecule has 1 unspecified atom stereocenters. The number of allylic oxidation sites excluding steroid dienone is 2. The fourth-order valence-electron chi connectivity index (χ4n) is 2.68. The van der Waals surface area contributed by atoms with Crippen molar-refractivity contribution in [3.05, 3.63) is 47.8 Å². The highest BCUT2D eigenvalue weighted by Gasteiger charge is 2.20. The number of benzene rings is 1. The molecule has 1 aromatic heterocycles. The maximum Gasteiger partial charge on any atom is 0.184 e. The van der Waals surface area contributed by atoms with Crippen molar-refractivity contribution in [3.8, 4) is 5.75 Å². The SMILES string of the molecule is COc1cc(C=CC2=CC(=O)C(OC)CC2)cc2ccoc12. The van der Waals surface area contributed by atoms with Gasteiger partial charge in [0.25, 0.3) is 0 Å². The lowest BCUT2D eigenvalue weighted by molar-refractivity contribution is -0.124. The summed E-state index contributed by atoms with van der Waals surface area (Å²) in [5.41, 5.74) is 2.77. The van der Waals surface area contributed by atoms with Gasteiger partial charge in [-0.05, 0) is 48.3 Å². The molecule has 1 aliphatic carbocycles. The highest BCUT2D eigenvalue weighted by Crippen LogP contribution is 2.29. The van der Waals surface area contributed by atoms with Gasteiger partial charge in [-0.15, -0.1) is 0 Å². The monoisotopic (exact) mass is 298 g/mol. The summed E-state index contributed by atoms with van der Waals surface area (Å²) in [7, 11) is 3.20. The molecule has 1 aliphatic rings. The topological polar surface area (TPSA) is 48.7 Å². The third-order valence-electron chi connectivity index (χ3n) is 3.87. The average molecular weight is 298 g/mol. The Morgan fingerprint density at radius 3 is 2.86 bits per heavy atom. The van der Waals surface area contributed by atoms with Crippen LogP contribution in [0.1, 0.15) is 18.4 Å². The molecule has 0 fully saturated rings. The van der Waals surface area contributed by atoms with E-state index in [1.807, 2.05) is 30.4 Å². The number of carbonyl (C=O) groups excluding carboxylic acids is 1. The normalized spacial score (nSPS) is 18.9. The summed E-state index contributed by atoms with van der Waals surface area (Å²) in [6.07, 6.45) is 8.56. The molecule has 0 N–H and O–H groups in total. The van der Waals surface area contributed by atoms with Crippen LogP contribution in [0.5, 0.6) is 5.75 Å². The van der Waals surface area contributed by atoms with E-state index < -0.39 is 0 Å². The zero-order valence-electron chi connectivity index (χ0n) is 12.7. The Balaban J connectivity index is 1.85. The van der Waals surface area contributed by atoms with Crippen molar-refractivity contribution >= 4 is 22.8 Å². The molecular formula is C18H18O4. The Labute approximate surface area is 129 Å². The van der Waals surface area contributed by atoms with E-state index in [9.17, 15) is 4.79 Å². The van der Waals surface area contributed by atoms with Gasteiger partial charge in [0.05, 0.1) is 13.4 Å². The second-order valence-electron chi connectivity index (χ2n) is 5.28. The Morgan fingerprint density at radius 1 is 1.27 bits per heavy atom. The molecule has 1 heterocycles. The Hall–Kier alpha value is -2.33. The number of carbonyl (C=O) groups is 1. The molecule has 0 spiro atoms. The number of methoxy groups -OCH3 is 2. The fraction of sp³-hybridized carbons (Fsp3) is 0.278. The van der Waals surface area contributed by atoms with Crippen LogP contribution >= 0.6 is 0 Å². The maximum absolute atomic E-state index is 11.8. The van der Waals surface area contributed by atoms with Crippen LogP contribution in [0.25, 0.3) is 17.0 Å². The van der Waals surface area contributed by atoms with E-state index in [-0.39, 0.29) is 11.9 Å². The van der Waals surface area contributed by atoms with E-state index in [0.29, 0.717) is 5.75 Å². The van der Waals surface area contributed by atoms with Crippen LogP contribution in [-0.4, -0.2) is 26.1 Å². The second-order valence-corrected chi connectivity index (χ2v) is 5.28. The molecule has 0 saturated heterocycles. The predicted molar refractivity (Wildman–Crippen MR) is 84.9 cm³/mol. The van der Waals surface area contributed by atoms with E-state index >= 15 is 0 Å². The first-order valence-corrected chi connectivity index (χ1v) is 7.22.